The molecule has 1 unspecified atom stereocenters. The molecule has 2 nitrogen and oxygen atoms in total. The zero-order valence-corrected chi connectivity index (χ0v) is 11.8. The van der Waals surface area contributed by atoms with E-state index in [2.05, 4.69) is 19.2 Å². The van der Waals surface area contributed by atoms with Gasteiger partial charge in [0.1, 0.15) is 5.75 Å². The lowest BCUT2D eigenvalue weighted by atomic mass is 9.98. The summed E-state index contributed by atoms with van der Waals surface area (Å²) in [6.45, 7) is 7.48. The van der Waals surface area contributed by atoms with Crippen LogP contribution in [0.2, 0.25) is 0 Å². The van der Waals surface area contributed by atoms with E-state index in [0.717, 1.165) is 37.8 Å². The van der Waals surface area contributed by atoms with Gasteiger partial charge in [-0.15, -0.1) is 0 Å². The van der Waals surface area contributed by atoms with Crippen molar-refractivity contribution in [2.75, 3.05) is 19.7 Å². The minimum Gasteiger partial charge on any atom is -0.494 e. The molecular formula is C16H27NO. The van der Waals surface area contributed by atoms with Gasteiger partial charge < -0.3 is 10.1 Å². The first-order valence-corrected chi connectivity index (χ1v) is 7.25. The van der Waals surface area contributed by atoms with Crippen LogP contribution in [0.1, 0.15) is 39.5 Å². The molecular weight excluding hydrogens is 222 g/mol. The van der Waals surface area contributed by atoms with Crippen LogP contribution in [0.5, 0.6) is 5.75 Å². The van der Waals surface area contributed by atoms with Crippen molar-refractivity contribution in [3.05, 3.63) is 30.3 Å². The fourth-order valence-corrected chi connectivity index (χ4v) is 2.18. The van der Waals surface area contributed by atoms with E-state index >= 15 is 0 Å². The zero-order valence-electron chi connectivity index (χ0n) is 11.8. The number of ether oxygens (including phenoxy) is 1. The van der Waals surface area contributed by atoms with Gasteiger partial charge in [0.15, 0.2) is 0 Å². The Hall–Kier alpha value is -1.02. The molecule has 0 aliphatic heterocycles. The number of rotatable bonds is 10. The Morgan fingerprint density at radius 1 is 1.11 bits per heavy atom. The van der Waals surface area contributed by atoms with Crippen molar-refractivity contribution in [2.24, 2.45) is 5.92 Å². The second kappa shape index (κ2) is 9.95. The number of hydrogen-bond donors (Lipinski definition) is 1. The number of hydrogen-bond acceptors (Lipinski definition) is 2. The maximum absolute atomic E-state index is 5.72. The molecule has 0 heterocycles. The Morgan fingerprint density at radius 3 is 2.56 bits per heavy atom. The third-order valence-electron chi connectivity index (χ3n) is 3.15. The van der Waals surface area contributed by atoms with Gasteiger partial charge in [-0.1, -0.05) is 38.5 Å². The molecule has 1 rings (SSSR count). The molecule has 0 fully saturated rings. The highest BCUT2D eigenvalue weighted by molar-refractivity contribution is 5.20. The van der Waals surface area contributed by atoms with E-state index in [0.29, 0.717) is 0 Å². The van der Waals surface area contributed by atoms with Crippen LogP contribution < -0.4 is 10.1 Å². The summed E-state index contributed by atoms with van der Waals surface area (Å²) in [4.78, 5) is 0. The average molecular weight is 249 g/mol. The van der Waals surface area contributed by atoms with Gasteiger partial charge in [0.25, 0.3) is 0 Å². The Labute approximate surface area is 112 Å². The van der Waals surface area contributed by atoms with Crippen LogP contribution >= 0.6 is 0 Å². The maximum atomic E-state index is 5.72. The molecule has 0 aliphatic carbocycles. The summed E-state index contributed by atoms with van der Waals surface area (Å²) in [6.07, 6.45) is 4.99. The lowest BCUT2D eigenvalue weighted by Crippen LogP contribution is -2.22. The highest BCUT2D eigenvalue weighted by atomic mass is 16.5. The van der Waals surface area contributed by atoms with Crippen LogP contribution in [0.4, 0.5) is 0 Å². The molecule has 0 spiro atoms. The summed E-state index contributed by atoms with van der Waals surface area (Å²) in [5, 5.41) is 3.45. The molecule has 0 aromatic heterocycles. The van der Waals surface area contributed by atoms with E-state index in [1.165, 1.54) is 19.3 Å². The van der Waals surface area contributed by atoms with Gasteiger partial charge in [0.05, 0.1) is 6.61 Å². The van der Waals surface area contributed by atoms with Gasteiger partial charge >= 0.3 is 0 Å². The average Bonchev–Trinajstić information content (AvgIpc) is 2.42. The monoisotopic (exact) mass is 249 g/mol. The minimum atomic E-state index is 0.800. The van der Waals surface area contributed by atoms with Crippen molar-refractivity contribution in [1.29, 1.82) is 0 Å². The van der Waals surface area contributed by atoms with Crippen molar-refractivity contribution in [3.8, 4) is 5.75 Å². The summed E-state index contributed by atoms with van der Waals surface area (Å²) < 4.78 is 5.72. The molecule has 0 amide bonds. The molecule has 1 N–H and O–H groups in total. The summed E-state index contributed by atoms with van der Waals surface area (Å²) >= 11 is 0. The lowest BCUT2D eigenvalue weighted by Gasteiger charge is -2.16. The predicted octanol–water partition coefficient (Wildman–Crippen LogP) is 3.87. The SMILES string of the molecule is CCCC(CCCOc1ccccc1)CNCC. The molecule has 102 valence electrons. The number of nitrogens with one attached hydrogen (secondary N) is 1. The molecule has 0 bridgehead atoms. The van der Waals surface area contributed by atoms with E-state index < -0.39 is 0 Å². The largest absolute Gasteiger partial charge is 0.494 e. The first kappa shape index (κ1) is 15.0. The molecule has 18 heavy (non-hydrogen) atoms. The third kappa shape index (κ3) is 6.65. The molecule has 1 atom stereocenters. The van der Waals surface area contributed by atoms with E-state index in [-0.39, 0.29) is 0 Å². The third-order valence-corrected chi connectivity index (χ3v) is 3.15. The topological polar surface area (TPSA) is 21.3 Å². The van der Waals surface area contributed by atoms with Gasteiger partial charge in [-0.2, -0.15) is 0 Å². The fourth-order valence-electron chi connectivity index (χ4n) is 2.18. The van der Waals surface area contributed by atoms with Crippen molar-refractivity contribution >= 4 is 0 Å². The Morgan fingerprint density at radius 2 is 1.89 bits per heavy atom. The van der Waals surface area contributed by atoms with Crippen LogP contribution in [0.25, 0.3) is 0 Å². The van der Waals surface area contributed by atoms with Crippen LogP contribution in [0.15, 0.2) is 30.3 Å². The van der Waals surface area contributed by atoms with Crippen molar-refractivity contribution in [3.63, 3.8) is 0 Å². The van der Waals surface area contributed by atoms with Crippen molar-refractivity contribution < 1.29 is 4.74 Å². The maximum Gasteiger partial charge on any atom is 0.119 e. The standard InChI is InChI=1S/C16H27NO/c1-3-9-15(14-17-4-2)10-8-13-18-16-11-6-5-7-12-16/h5-7,11-12,15,17H,3-4,8-10,13-14H2,1-2H3. The van der Waals surface area contributed by atoms with E-state index in [1.807, 2.05) is 30.3 Å². The van der Waals surface area contributed by atoms with Crippen molar-refractivity contribution in [2.45, 2.75) is 39.5 Å². The van der Waals surface area contributed by atoms with Crippen LogP contribution in [-0.2, 0) is 0 Å². The van der Waals surface area contributed by atoms with Crippen molar-refractivity contribution in [1.82, 2.24) is 5.32 Å². The Balaban J connectivity index is 2.14. The van der Waals surface area contributed by atoms with Gasteiger partial charge in [-0.05, 0) is 50.4 Å². The molecule has 2 heteroatoms. The minimum absolute atomic E-state index is 0.800. The molecule has 1 aromatic carbocycles. The Bertz CT molecular complexity index is 286. The molecule has 0 saturated carbocycles. The lowest BCUT2D eigenvalue weighted by molar-refractivity contribution is 0.286. The van der Waals surface area contributed by atoms with Crippen LogP contribution in [0.3, 0.4) is 0 Å². The van der Waals surface area contributed by atoms with E-state index in [9.17, 15) is 0 Å². The quantitative estimate of drug-likeness (QED) is 0.636. The van der Waals surface area contributed by atoms with E-state index in [4.69, 9.17) is 4.74 Å². The fraction of sp³-hybridized carbons (Fsp3) is 0.625. The smallest absolute Gasteiger partial charge is 0.119 e. The highest BCUT2D eigenvalue weighted by Crippen LogP contribution is 2.14. The summed E-state index contributed by atoms with van der Waals surface area (Å²) in [7, 11) is 0. The van der Waals surface area contributed by atoms with E-state index in [1.54, 1.807) is 0 Å². The summed E-state index contributed by atoms with van der Waals surface area (Å²) in [5.74, 6) is 1.78. The predicted molar refractivity (Wildman–Crippen MR) is 78.1 cm³/mol. The van der Waals surface area contributed by atoms with Gasteiger partial charge in [0, 0.05) is 0 Å². The molecule has 0 saturated heterocycles. The number of benzene rings is 1. The van der Waals surface area contributed by atoms with Gasteiger partial charge in [-0.3, -0.25) is 0 Å². The van der Waals surface area contributed by atoms with Gasteiger partial charge in [0.2, 0.25) is 0 Å². The second-order valence-electron chi connectivity index (χ2n) is 4.77. The van der Waals surface area contributed by atoms with Crippen LogP contribution in [-0.4, -0.2) is 19.7 Å². The Kier molecular flexibility index (Phi) is 8.32. The van der Waals surface area contributed by atoms with Crippen LogP contribution in [0, 0.1) is 5.92 Å². The molecule has 0 aliphatic rings. The molecule has 0 radical (unpaired) electrons. The molecule has 1 aromatic rings. The first-order valence-electron chi connectivity index (χ1n) is 7.25. The van der Waals surface area contributed by atoms with Gasteiger partial charge in [-0.25, -0.2) is 0 Å². The first-order chi connectivity index (χ1) is 8.86. The number of para-hydroxylation sites is 1. The normalized spacial score (nSPS) is 12.3. The zero-order chi connectivity index (χ0) is 13.1. The summed E-state index contributed by atoms with van der Waals surface area (Å²) in [5.41, 5.74) is 0. The summed E-state index contributed by atoms with van der Waals surface area (Å²) in [6, 6.07) is 10.1. The highest BCUT2D eigenvalue weighted by Gasteiger charge is 2.06. The second-order valence-corrected chi connectivity index (χ2v) is 4.77.